The Morgan fingerprint density at radius 3 is 2.79 bits per heavy atom. The minimum Gasteiger partial charge on any atom is -0.269 e. The molecule has 0 saturated carbocycles. The molecule has 0 aromatic carbocycles. The summed E-state index contributed by atoms with van der Waals surface area (Å²) in [5.74, 6) is 0.624. The lowest BCUT2D eigenvalue weighted by Gasteiger charge is -2.03. The molecule has 0 atom stereocenters. The highest BCUT2D eigenvalue weighted by Crippen LogP contribution is 2.07. The van der Waals surface area contributed by atoms with Crippen LogP contribution in [0.5, 0.6) is 0 Å². The molecule has 2 rings (SSSR count). The van der Waals surface area contributed by atoms with Gasteiger partial charge in [0.25, 0.3) is 5.56 Å². The summed E-state index contributed by atoms with van der Waals surface area (Å²) < 4.78 is 2.34. The molecule has 2 aromatic heterocycles. The fourth-order valence-corrected chi connectivity index (χ4v) is 1.47. The Kier molecular flexibility index (Phi) is 2.45. The average Bonchev–Trinajstić information content (AvgIpc) is 2.23. The number of hydrogen-bond donors (Lipinski definition) is 0. The number of hydrogen-bond acceptors (Lipinski definition) is 2. The van der Waals surface area contributed by atoms with Crippen LogP contribution in [0.3, 0.4) is 0 Å². The van der Waals surface area contributed by atoms with Gasteiger partial charge in [-0.3, -0.25) is 9.36 Å². The van der Waals surface area contributed by atoms with E-state index in [2.05, 4.69) is 20.9 Å². The molecule has 4 heteroatoms. The minimum absolute atomic E-state index is 0.0908. The summed E-state index contributed by atoms with van der Waals surface area (Å²) >= 11 is 3.31. The Labute approximate surface area is 89.2 Å². The first-order valence-electron chi connectivity index (χ1n) is 4.07. The molecule has 0 aliphatic rings. The van der Waals surface area contributed by atoms with E-state index < -0.39 is 0 Å². The summed E-state index contributed by atoms with van der Waals surface area (Å²) in [4.78, 5) is 15.6. The molecule has 70 valence electrons. The van der Waals surface area contributed by atoms with Crippen molar-refractivity contribution in [1.29, 1.82) is 0 Å². The molecule has 0 radical (unpaired) electrons. The van der Waals surface area contributed by atoms with Crippen LogP contribution in [-0.4, -0.2) is 9.55 Å². The van der Waals surface area contributed by atoms with E-state index in [4.69, 9.17) is 0 Å². The molecule has 2 heterocycles. The molecule has 0 bridgehead atoms. The van der Waals surface area contributed by atoms with Crippen LogP contribution >= 0.6 is 15.9 Å². The molecular formula is C10H7BrN2O. The van der Waals surface area contributed by atoms with Crippen LogP contribution in [0.25, 0.3) is 5.82 Å². The number of rotatable bonds is 1. The lowest BCUT2D eigenvalue weighted by Crippen LogP contribution is -2.16. The monoisotopic (exact) mass is 250 g/mol. The highest BCUT2D eigenvalue weighted by atomic mass is 79.9. The maximum atomic E-state index is 11.5. The van der Waals surface area contributed by atoms with Gasteiger partial charge in [0.15, 0.2) is 0 Å². The van der Waals surface area contributed by atoms with Gasteiger partial charge in [-0.2, -0.15) is 0 Å². The first-order valence-corrected chi connectivity index (χ1v) is 4.86. The van der Waals surface area contributed by atoms with Gasteiger partial charge < -0.3 is 0 Å². The molecular weight excluding hydrogens is 244 g/mol. The van der Waals surface area contributed by atoms with Crippen LogP contribution in [0.2, 0.25) is 0 Å². The van der Waals surface area contributed by atoms with E-state index in [1.807, 2.05) is 12.1 Å². The van der Waals surface area contributed by atoms with Gasteiger partial charge in [-0.05, 0) is 34.1 Å². The normalized spacial score (nSPS) is 10.1. The third kappa shape index (κ3) is 1.75. The summed E-state index contributed by atoms with van der Waals surface area (Å²) in [5, 5.41) is 0. The molecule has 3 nitrogen and oxygen atoms in total. The SMILES string of the molecule is O=c1ccc(Br)cn1-c1ccccn1. The van der Waals surface area contributed by atoms with Crippen LogP contribution < -0.4 is 5.56 Å². The lowest BCUT2D eigenvalue weighted by atomic mass is 10.4. The lowest BCUT2D eigenvalue weighted by molar-refractivity contribution is 0.936. The van der Waals surface area contributed by atoms with Crippen molar-refractivity contribution in [3.8, 4) is 5.82 Å². The minimum atomic E-state index is -0.0908. The smallest absolute Gasteiger partial charge is 0.256 e. The number of halogens is 1. The van der Waals surface area contributed by atoms with Gasteiger partial charge in [0.2, 0.25) is 0 Å². The number of pyridine rings is 2. The summed E-state index contributed by atoms with van der Waals surface area (Å²) in [7, 11) is 0. The van der Waals surface area contributed by atoms with E-state index in [-0.39, 0.29) is 5.56 Å². The van der Waals surface area contributed by atoms with Gasteiger partial charge in [0.05, 0.1) is 0 Å². The van der Waals surface area contributed by atoms with Crippen LogP contribution in [0.4, 0.5) is 0 Å². The molecule has 14 heavy (non-hydrogen) atoms. The second-order valence-electron chi connectivity index (χ2n) is 2.74. The Hall–Kier alpha value is -1.42. The van der Waals surface area contributed by atoms with Gasteiger partial charge in [-0.1, -0.05) is 6.07 Å². The Balaban J connectivity index is 2.63. The fourth-order valence-electron chi connectivity index (χ4n) is 1.14. The molecule has 0 aliphatic heterocycles. The number of nitrogens with zero attached hydrogens (tertiary/aromatic N) is 2. The first kappa shape index (κ1) is 9.15. The van der Waals surface area contributed by atoms with E-state index in [0.29, 0.717) is 5.82 Å². The predicted octanol–water partition coefficient (Wildman–Crippen LogP) is 1.99. The largest absolute Gasteiger partial charge is 0.269 e. The van der Waals surface area contributed by atoms with Gasteiger partial charge in [-0.15, -0.1) is 0 Å². The molecule has 0 unspecified atom stereocenters. The van der Waals surface area contributed by atoms with Crippen LogP contribution in [0.15, 0.2) is 52.0 Å². The van der Waals surface area contributed by atoms with Crippen LogP contribution in [-0.2, 0) is 0 Å². The highest BCUT2D eigenvalue weighted by molar-refractivity contribution is 9.10. The van der Waals surface area contributed by atoms with E-state index >= 15 is 0 Å². The van der Waals surface area contributed by atoms with Crippen molar-refractivity contribution in [3.63, 3.8) is 0 Å². The van der Waals surface area contributed by atoms with E-state index in [0.717, 1.165) is 4.47 Å². The third-order valence-corrected chi connectivity index (χ3v) is 2.24. The summed E-state index contributed by atoms with van der Waals surface area (Å²) in [6.07, 6.45) is 3.35. The second-order valence-corrected chi connectivity index (χ2v) is 3.66. The highest BCUT2D eigenvalue weighted by Gasteiger charge is 1.99. The maximum Gasteiger partial charge on any atom is 0.256 e. The zero-order valence-corrected chi connectivity index (χ0v) is 8.81. The molecule has 0 saturated heterocycles. The van der Waals surface area contributed by atoms with Gasteiger partial charge >= 0.3 is 0 Å². The van der Waals surface area contributed by atoms with E-state index in [9.17, 15) is 4.79 Å². The maximum absolute atomic E-state index is 11.5. The third-order valence-electron chi connectivity index (χ3n) is 1.77. The molecule has 0 fully saturated rings. The van der Waals surface area contributed by atoms with Gasteiger partial charge in [-0.25, -0.2) is 4.98 Å². The molecule has 0 amide bonds. The summed E-state index contributed by atoms with van der Waals surface area (Å²) in [6, 6.07) is 8.65. The van der Waals surface area contributed by atoms with E-state index in [1.54, 1.807) is 24.5 Å². The van der Waals surface area contributed by atoms with Gasteiger partial charge in [0.1, 0.15) is 5.82 Å². The molecule has 0 spiro atoms. The van der Waals surface area contributed by atoms with Gasteiger partial charge in [0, 0.05) is 22.9 Å². The zero-order valence-electron chi connectivity index (χ0n) is 7.22. The van der Waals surface area contributed by atoms with Crippen molar-refractivity contribution in [1.82, 2.24) is 9.55 Å². The Morgan fingerprint density at radius 1 is 1.21 bits per heavy atom. The van der Waals surface area contributed by atoms with Crippen molar-refractivity contribution in [2.75, 3.05) is 0 Å². The molecule has 0 aliphatic carbocycles. The van der Waals surface area contributed by atoms with Crippen LogP contribution in [0, 0.1) is 0 Å². The van der Waals surface area contributed by atoms with Crippen molar-refractivity contribution < 1.29 is 0 Å². The van der Waals surface area contributed by atoms with Crippen molar-refractivity contribution in [2.24, 2.45) is 0 Å². The summed E-state index contributed by atoms with van der Waals surface area (Å²) in [6.45, 7) is 0. The Bertz CT molecular complexity index is 493. The van der Waals surface area contributed by atoms with Crippen molar-refractivity contribution >= 4 is 15.9 Å². The second kappa shape index (κ2) is 3.75. The predicted molar refractivity (Wildman–Crippen MR) is 57.5 cm³/mol. The quantitative estimate of drug-likeness (QED) is 0.776. The zero-order chi connectivity index (χ0) is 9.97. The molecule has 0 N–H and O–H groups in total. The number of aromatic nitrogens is 2. The Morgan fingerprint density at radius 2 is 2.07 bits per heavy atom. The average molecular weight is 251 g/mol. The van der Waals surface area contributed by atoms with Crippen molar-refractivity contribution in [3.05, 3.63) is 57.6 Å². The first-order chi connectivity index (χ1) is 6.77. The fraction of sp³-hybridized carbons (Fsp3) is 0. The van der Waals surface area contributed by atoms with E-state index in [1.165, 1.54) is 10.6 Å². The standard InChI is InChI=1S/C10H7BrN2O/c11-8-4-5-10(14)13(7-8)9-3-1-2-6-12-9/h1-7H. The van der Waals surface area contributed by atoms with Crippen molar-refractivity contribution in [2.45, 2.75) is 0 Å². The van der Waals surface area contributed by atoms with Crippen LogP contribution in [0.1, 0.15) is 0 Å². The topological polar surface area (TPSA) is 34.9 Å². The summed E-state index contributed by atoms with van der Waals surface area (Å²) in [5.41, 5.74) is -0.0908. The molecule has 2 aromatic rings.